The summed E-state index contributed by atoms with van der Waals surface area (Å²) in [5.74, 6) is -1.78. The molecule has 2 amide bonds. The lowest BCUT2D eigenvalue weighted by Gasteiger charge is -2.24. The summed E-state index contributed by atoms with van der Waals surface area (Å²) >= 11 is 5.45. The molecule has 0 aliphatic heterocycles. The molecule has 0 bridgehead atoms. The Morgan fingerprint density at radius 1 is 0.833 bits per heavy atom. The monoisotopic (exact) mass is 766 g/mol. The topological polar surface area (TPSA) is 200 Å². The quantitative estimate of drug-likeness (QED) is 0.122. The largest absolute Gasteiger partial charge is 0.394 e. The molecule has 1 rings (SSSR count). The van der Waals surface area contributed by atoms with Crippen LogP contribution in [0.3, 0.4) is 0 Å². The molecule has 0 fully saturated rings. The first-order chi connectivity index (χ1) is 14.0. The number of halogens is 3. The van der Waals surface area contributed by atoms with Crippen molar-refractivity contribution in [1.82, 2.24) is 5.32 Å². The van der Waals surface area contributed by atoms with Gasteiger partial charge in [-0.2, -0.15) is 0 Å². The molecule has 1 aromatic carbocycles. The minimum absolute atomic E-state index is 0.0248. The number of anilines is 1. The lowest BCUT2D eigenvalue weighted by molar-refractivity contribution is -0.131. The maximum Gasteiger partial charge on any atom is 0.256 e. The molecule has 0 aliphatic carbocycles. The molecule has 0 radical (unpaired) electrons. The van der Waals surface area contributed by atoms with Gasteiger partial charge in [0.2, 0.25) is 0 Å². The number of hydrogen-bond donors (Lipinski definition) is 9. The molecule has 9 N–H and O–H groups in total. The van der Waals surface area contributed by atoms with Gasteiger partial charge in [-0.1, -0.05) is 0 Å². The number of hydrogen-bond acceptors (Lipinski definition) is 9. The van der Waals surface area contributed by atoms with E-state index in [1.807, 2.05) is 45.2 Å². The van der Waals surface area contributed by atoms with Crippen LogP contribution < -0.4 is 10.6 Å². The Balaban J connectivity index is 3.43. The van der Waals surface area contributed by atoms with Crippen LogP contribution >= 0.6 is 67.8 Å². The predicted octanol–water partition coefficient (Wildman–Crippen LogP) is -1.91. The van der Waals surface area contributed by atoms with Gasteiger partial charge in [0.25, 0.3) is 11.8 Å². The normalized spacial score (nSPS) is 15.3. The zero-order chi connectivity index (χ0) is 23.2. The van der Waals surface area contributed by atoms with Crippen LogP contribution in [0.15, 0.2) is 0 Å². The van der Waals surface area contributed by atoms with Gasteiger partial charge in [-0.3, -0.25) is 9.59 Å². The third-order valence-electron chi connectivity index (χ3n) is 4.03. The van der Waals surface area contributed by atoms with Gasteiger partial charge < -0.3 is 46.4 Å². The van der Waals surface area contributed by atoms with E-state index < -0.39 is 62.6 Å². The van der Waals surface area contributed by atoms with Crippen LogP contribution in [0.1, 0.15) is 15.9 Å². The number of carbonyl (C=O) groups excluding carboxylic acids is 2. The average molecular weight is 766 g/mol. The lowest BCUT2D eigenvalue weighted by atomic mass is 10.1. The summed E-state index contributed by atoms with van der Waals surface area (Å²) in [5, 5.41) is 70.8. The molecule has 11 nitrogen and oxygen atoms in total. The number of aliphatic hydroxyl groups is 7. The van der Waals surface area contributed by atoms with E-state index in [2.05, 4.69) is 10.6 Å². The molecule has 0 aromatic heterocycles. The van der Waals surface area contributed by atoms with Crippen molar-refractivity contribution < 1.29 is 45.3 Å². The Morgan fingerprint density at radius 3 is 1.87 bits per heavy atom. The average Bonchev–Trinajstić information content (AvgIpc) is 2.73. The Morgan fingerprint density at radius 2 is 1.40 bits per heavy atom. The van der Waals surface area contributed by atoms with Crippen molar-refractivity contribution >= 4 is 85.3 Å². The third kappa shape index (κ3) is 6.54. The number of nitrogens with one attached hydrogen (secondary N) is 2. The second kappa shape index (κ2) is 12.9. The van der Waals surface area contributed by atoms with Crippen LogP contribution in [0.25, 0.3) is 0 Å². The summed E-state index contributed by atoms with van der Waals surface area (Å²) in [6.45, 7) is -2.67. The van der Waals surface area contributed by atoms with Gasteiger partial charge in [0.15, 0.2) is 6.10 Å². The third-order valence-corrected chi connectivity index (χ3v) is 7.49. The molecular formula is C16H21I3N2O9. The summed E-state index contributed by atoms with van der Waals surface area (Å²) in [5.41, 5.74) is 0.414. The van der Waals surface area contributed by atoms with Crippen molar-refractivity contribution in [2.24, 2.45) is 0 Å². The van der Waals surface area contributed by atoms with Crippen LogP contribution in [-0.2, 0) is 11.4 Å². The van der Waals surface area contributed by atoms with Crippen LogP contribution in [-0.4, -0.2) is 91.7 Å². The van der Waals surface area contributed by atoms with E-state index >= 15 is 0 Å². The van der Waals surface area contributed by atoms with Crippen molar-refractivity contribution in [3.8, 4) is 0 Å². The van der Waals surface area contributed by atoms with Gasteiger partial charge in [0, 0.05) is 12.7 Å². The summed E-state index contributed by atoms with van der Waals surface area (Å²) in [6.07, 6.45) is -5.06. The highest BCUT2D eigenvalue weighted by atomic mass is 127. The highest BCUT2D eigenvalue weighted by molar-refractivity contribution is 14.1. The SMILES string of the molecule is O=C(NC(CO)C(O)CO)c1c(I)c(CO)c(I)c(NC(=O)C(O)C(O)CO)c1I. The van der Waals surface area contributed by atoms with Crippen LogP contribution in [0, 0.1) is 10.7 Å². The van der Waals surface area contributed by atoms with Crippen LogP contribution in [0.2, 0.25) is 0 Å². The van der Waals surface area contributed by atoms with E-state index in [-0.39, 0.29) is 14.8 Å². The number of rotatable bonds is 10. The van der Waals surface area contributed by atoms with E-state index in [4.69, 9.17) is 10.2 Å². The van der Waals surface area contributed by atoms with E-state index in [0.29, 0.717) is 12.7 Å². The first-order valence-corrected chi connectivity index (χ1v) is 11.6. The van der Waals surface area contributed by atoms with Crippen molar-refractivity contribution in [2.75, 3.05) is 25.1 Å². The van der Waals surface area contributed by atoms with Crippen molar-refractivity contribution in [2.45, 2.75) is 31.0 Å². The Labute approximate surface area is 212 Å². The molecule has 0 saturated heterocycles. The molecule has 170 valence electrons. The smallest absolute Gasteiger partial charge is 0.256 e. The maximum atomic E-state index is 12.8. The fourth-order valence-electron chi connectivity index (χ4n) is 2.27. The molecule has 0 aliphatic rings. The van der Waals surface area contributed by atoms with Crippen molar-refractivity contribution in [3.05, 3.63) is 21.8 Å². The van der Waals surface area contributed by atoms with Gasteiger partial charge in [0.1, 0.15) is 6.10 Å². The second-order valence-electron chi connectivity index (χ2n) is 6.03. The fraction of sp³-hybridized carbons (Fsp3) is 0.500. The predicted molar refractivity (Wildman–Crippen MR) is 130 cm³/mol. The van der Waals surface area contributed by atoms with Crippen LogP contribution in [0.5, 0.6) is 0 Å². The highest BCUT2D eigenvalue weighted by Gasteiger charge is 2.30. The lowest BCUT2D eigenvalue weighted by Crippen LogP contribution is -2.47. The standard InChI is InChI=1S/C16H21I3N2O9/c17-10-5(1-22)11(18)13(21-16(30)14(28)8(27)4-25)12(19)9(10)15(29)20-6(2-23)7(26)3-24/h6-8,14,22-28H,1-4H2,(H,20,29)(H,21,30). The Bertz CT molecular complexity index is 781. The van der Waals surface area contributed by atoms with Gasteiger partial charge in [-0.05, 0) is 67.8 Å². The summed E-state index contributed by atoms with van der Waals surface area (Å²) < 4.78 is 0.962. The molecule has 4 unspecified atom stereocenters. The number of carbonyl (C=O) groups is 2. The zero-order valence-electron chi connectivity index (χ0n) is 15.2. The molecule has 14 heteroatoms. The summed E-state index contributed by atoms with van der Waals surface area (Å²) in [7, 11) is 0. The van der Waals surface area contributed by atoms with Gasteiger partial charge in [-0.25, -0.2) is 0 Å². The first kappa shape index (κ1) is 28.1. The number of aliphatic hydroxyl groups excluding tert-OH is 7. The minimum atomic E-state index is -1.94. The summed E-state index contributed by atoms with van der Waals surface area (Å²) in [6, 6.07) is -1.16. The fourth-order valence-corrected chi connectivity index (χ4v) is 6.53. The van der Waals surface area contributed by atoms with Gasteiger partial charge >= 0.3 is 0 Å². The first-order valence-electron chi connectivity index (χ1n) is 8.34. The van der Waals surface area contributed by atoms with E-state index in [0.717, 1.165) is 0 Å². The van der Waals surface area contributed by atoms with Gasteiger partial charge in [-0.15, -0.1) is 0 Å². The van der Waals surface area contributed by atoms with Crippen molar-refractivity contribution in [1.29, 1.82) is 0 Å². The highest BCUT2D eigenvalue weighted by Crippen LogP contribution is 2.36. The minimum Gasteiger partial charge on any atom is -0.394 e. The summed E-state index contributed by atoms with van der Waals surface area (Å²) in [4.78, 5) is 25.1. The van der Waals surface area contributed by atoms with E-state index in [9.17, 15) is 35.1 Å². The molecule has 4 atom stereocenters. The van der Waals surface area contributed by atoms with Gasteiger partial charge in [0.05, 0.1) is 53.4 Å². The van der Waals surface area contributed by atoms with E-state index in [1.165, 1.54) is 0 Å². The second-order valence-corrected chi connectivity index (χ2v) is 9.26. The van der Waals surface area contributed by atoms with Crippen LogP contribution in [0.4, 0.5) is 5.69 Å². The molecular weight excluding hydrogens is 745 g/mol. The maximum absolute atomic E-state index is 12.8. The number of amides is 2. The van der Waals surface area contributed by atoms with Crippen molar-refractivity contribution in [3.63, 3.8) is 0 Å². The molecule has 0 heterocycles. The molecule has 0 spiro atoms. The molecule has 30 heavy (non-hydrogen) atoms. The zero-order valence-corrected chi connectivity index (χ0v) is 21.7. The Kier molecular flexibility index (Phi) is 12.1. The number of benzene rings is 1. The Hall–Kier alpha value is 0.0700. The molecule has 1 aromatic rings. The van der Waals surface area contributed by atoms with E-state index in [1.54, 1.807) is 22.6 Å². The molecule has 0 saturated carbocycles.